The maximum Gasteiger partial charge on any atom is 0.170 e. The highest BCUT2D eigenvalue weighted by Gasteiger charge is 2.41. The molecule has 3 aromatic rings. The van der Waals surface area contributed by atoms with Gasteiger partial charge in [-0.25, -0.2) is 0 Å². The molecule has 0 unspecified atom stereocenters. The van der Waals surface area contributed by atoms with Crippen molar-refractivity contribution in [2.24, 2.45) is 0 Å². The van der Waals surface area contributed by atoms with Gasteiger partial charge in [0.05, 0.1) is 11.7 Å². The van der Waals surface area contributed by atoms with Gasteiger partial charge in [0.25, 0.3) is 0 Å². The number of nitrogens with one attached hydrogen (secondary N) is 1. The topological polar surface area (TPSA) is 44.5 Å². The van der Waals surface area contributed by atoms with Crippen LogP contribution in [0.15, 0.2) is 65.2 Å². The van der Waals surface area contributed by atoms with E-state index >= 15 is 0 Å². The van der Waals surface area contributed by atoms with Gasteiger partial charge < -0.3 is 19.5 Å². The SMILES string of the molecule is CN(C)CCN1C(=S)N[C@H](c2ccccn2)[C@H]1c1ccc(-c2ccc(Cl)cc2)o1. The second kappa shape index (κ2) is 8.53. The van der Waals surface area contributed by atoms with Crippen LogP contribution in [0, 0.1) is 0 Å². The Hall–Kier alpha value is -2.41. The van der Waals surface area contributed by atoms with Crippen molar-refractivity contribution >= 4 is 28.9 Å². The van der Waals surface area contributed by atoms with Crippen LogP contribution in [0.4, 0.5) is 0 Å². The molecule has 29 heavy (non-hydrogen) atoms. The van der Waals surface area contributed by atoms with E-state index in [2.05, 4.69) is 34.2 Å². The molecular formula is C22H23ClN4OS. The number of rotatable bonds is 6. The van der Waals surface area contributed by atoms with Crippen molar-refractivity contribution in [2.75, 3.05) is 27.2 Å². The van der Waals surface area contributed by atoms with Crippen molar-refractivity contribution < 1.29 is 4.42 Å². The molecule has 2 aromatic heterocycles. The third-order valence-electron chi connectivity index (χ3n) is 5.03. The normalized spacial score (nSPS) is 19.0. The largest absolute Gasteiger partial charge is 0.459 e. The van der Waals surface area contributed by atoms with Crippen molar-refractivity contribution in [2.45, 2.75) is 12.1 Å². The summed E-state index contributed by atoms with van der Waals surface area (Å²) in [6.45, 7) is 1.68. The molecule has 1 saturated heterocycles. The van der Waals surface area contributed by atoms with Gasteiger partial charge >= 0.3 is 0 Å². The molecule has 1 N–H and O–H groups in total. The predicted octanol–water partition coefficient (Wildman–Crippen LogP) is 4.53. The van der Waals surface area contributed by atoms with E-state index in [1.165, 1.54) is 0 Å². The van der Waals surface area contributed by atoms with Crippen LogP contribution in [-0.2, 0) is 0 Å². The molecule has 1 fully saturated rings. The lowest BCUT2D eigenvalue weighted by Crippen LogP contribution is -2.35. The van der Waals surface area contributed by atoms with Gasteiger partial charge in [0, 0.05) is 29.9 Å². The number of halogens is 1. The number of aromatic nitrogens is 1. The molecule has 5 nitrogen and oxygen atoms in total. The maximum atomic E-state index is 6.30. The standard InChI is InChI=1S/C22H23ClN4OS/c1-26(2)13-14-27-21(20(25-22(27)29)17-5-3-4-12-24-17)19-11-10-18(28-19)15-6-8-16(23)9-7-15/h3-12,20-21H,13-14H2,1-2H3,(H,25,29)/t20-,21-/m1/s1. The molecule has 1 aliphatic heterocycles. The molecule has 0 amide bonds. The lowest BCUT2D eigenvalue weighted by molar-refractivity contribution is 0.250. The van der Waals surface area contributed by atoms with Gasteiger partial charge in [-0.05, 0) is 74.8 Å². The summed E-state index contributed by atoms with van der Waals surface area (Å²) < 4.78 is 6.30. The van der Waals surface area contributed by atoms with Gasteiger partial charge in [-0.3, -0.25) is 4.98 Å². The summed E-state index contributed by atoms with van der Waals surface area (Å²) in [5.41, 5.74) is 1.93. The fourth-order valence-electron chi connectivity index (χ4n) is 3.54. The highest BCUT2D eigenvalue weighted by atomic mass is 35.5. The first-order valence-corrected chi connectivity index (χ1v) is 10.3. The van der Waals surface area contributed by atoms with Crippen molar-refractivity contribution in [1.29, 1.82) is 0 Å². The molecule has 1 aromatic carbocycles. The van der Waals surface area contributed by atoms with Crippen LogP contribution in [-0.4, -0.2) is 47.1 Å². The fraction of sp³-hybridized carbons (Fsp3) is 0.273. The quantitative estimate of drug-likeness (QED) is 0.584. The summed E-state index contributed by atoms with van der Waals surface area (Å²) in [7, 11) is 4.12. The zero-order valence-electron chi connectivity index (χ0n) is 16.4. The average molecular weight is 427 g/mol. The number of furan rings is 1. The summed E-state index contributed by atoms with van der Waals surface area (Å²) in [6.07, 6.45) is 1.81. The van der Waals surface area contributed by atoms with Gasteiger partial charge in [0.15, 0.2) is 5.11 Å². The molecule has 0 spiro atoms. The highest BCUT2D eigenvalue weighted by molar-refractivity contribution is 7.80. The second-order valence-corrected chi connectivity index (χ2v) is 8.16. The fourth-order valence-corrected chi connectivity index (χ4v) is 4.00. The number of thiocarbonyl (C=S) groups is 1. The van der Waals surface area contributed by atoms with E-state index < -0.39 is 0 Å². The predicted molar refractivity (Wildman–Crippen MR) is 120 cm³/mol. The highest BCUT2D eigenvalue weighted by Crippen LogP contribution is 2.40. The third-order valence-corrected chi connectivity index (χ3v) is 5.64. The van der Waals surface area contributed by atoms with Crippen molar-refractivity contribution in [3.8, 4) is 11.3 Å². The molecule has 0 saturated carbocycles. The number of likely N-dealkylation sites (N-methyl/N-ethyl adjacent to an activating group) is 1. The summed E-state index contributed by atoms with van der Waals surface area (Å²) in [6, 6.07) is 17.5. The summed E-state index contributed by atoms with van der Waals surface area (Å²) in [4.78, 5) is 8.90. The number of nitrogens with zero attached hydrogens (tertiary/aromatic N) is 3. The number of hydrogen-bond acceptors (Lipinski definition) is 4. The van der Waals surface area contributed by atoms with Gasteiger partial charge in [0.2, 0.25) is 0 Å². The van der Waals surface area contributed by atoms with Gasteiger partial charge in [0.1, 0.15) is 17.6 Å². The molecule has 4 rings (SSSR count). The smallest absolute Gasteiger partial charge is 0.170 e. The molecule has 1 aliphatic rings. The second-order valence-electron chi connectivity index (χ2n) is 7.33. The number of pyridine rings is 1. The van der Waals surface area contributed by atoms with E-state index in [0.29, 0.717) is 5.02 Å². The van der Waals surface area contributed by atoms with Gasteiger partial charge in [-0.15, -0.1) is 0 Å². The molecule has 0 aliphatic carbocycles. The van der Waals surface area contributed by atoms with Crippen LogP contribution >= 0.6 is 23.8 Å². The van der Waals surface area contributed by atoms with E-state index in [1.54, 1.807) is 6.20 Å². The van der Waals surface area contributed by atoms with E-state index in [9.17, 15) is 0 Å². The molecule has 150 valence electrons. The minimum Gasteiger partial charge on any atom is -0.459 e. The van der Waals surface area contributed by atoms with E-state index in [0.717, 1.165) is 41.0 Å². The summed E-state index contributed by atoms with van der Waals surface area (Å²) >= 11 is 11.7. The Balaban J connectivity index is 1.69. The van der Waals surface area contributed by atoms with E-state index in [1.807, 2.05) is 54.6 Å². The minimum atomic E-state index is -0.0740. The van der Waals surface area contributed by atoms with E-state index in [4.69, 9.17) is 28.2 Å². The first-order chi connectivity index (χ1) is 14.0. The summed E-state index contributed by atoms with van der Waals surface area (Å²) in [5.74, 6) is 1.67. The Labute approximate surface area is 181 Å². The maximum absolute atomic E-state index is 6.30. The zero-order valence-corrected chi connectivity index (χ0v) is 18.0. The van der Waals surface area contributed by atoms with Crippen LogP contribution < -0.4 is 5.32 Å². The molecule has 0 bridgehead atoms. The van der Waals surface area contributed by atoms with Gasteiger partial charge in [-0.2, -0.15) is 0 Å². The molecule has 3 heterocycles. The van der Waals surface area contributed by atoms with Crippen LogP contribution in [0.5, 0.6) is 0 Å². The minimum absolute atomic E-state index is 0.0709. The number of hydrogen-bond donors (Lipinski definition) is 1. The van der Waals surface area contributed by atoms with Crippen LogP contribution in [0.2, 0.25) is 5.02 Å². The lowest BCUT2D eigenvalue weighted by atomic mass is 10.0. The van der Waals surface area contributed by atoms with Crippen LogP contribution in [0.1, 0.15) is 23.5 Å². The Morgan fingerprint density at radius 2 is 1.93 bits per heavy atom. The summed E-state index contributed by atoms with van der Waals surface area (Å²) in [5, 5.41) is 4.87. The van der Waals surface area contributed by atoms with Crippen molar-refractivity contribution in [3.05, 3.63) is 77.3 Å². The Kier molecular flexibility index (Phi) is 5.85. The van der Waals surface area contributed by atoms with Crippen molar-refractivity contribution in [3.63, 3.8) is 0 Å². The molecular weight excluding hydrogens is 404 g/mol. The first-order valence-electron chi connectivity index (χ1n) is 9.51. The zero-order chi connectivity index (χ0) is 20.4. The average Bonchev–Trinajstić information content (AvgIpc) is 3.32. The molecule has 7 heteroatoms. The van der Waals surface area contributed by atoms with E-state index in [-0.39, 0.29) is 12.1 Å². The first kappa shape index (κ1) is 19.9. The van der Waals surface area contributed by atoms with Gasteiger partial charge in [-0.1, -0.05) is 17.7 Å². The molecule has 2 atom stereocenters. The number of benzene rings is 1. The lowest BCUT2D eigenvalue weighted by Gasteiger charge is -2.27. The van der Waals surface area contributed by atoms with Crippen molar-refractivity contribution in [1.82, 2.24) is 20.1 Å². The Morgan fingerprint density at radius 3 is 2.62 bits per heavy atom. The Bertz CT molecular complexity index is 974. The van der Waals surface area contributed by atoms with Crippen LogP contribution in [0.3, 0.4) is 0 Å². The monoisotopic (exact) mass is 426 g/mol. The third kappa shape index (κ3) is 4.29. The van der Waals surface area contributed by atoms with Crippen LogP contribution in [0.25, 0.3) is 11.3 Å². The molecule has 0 radical (unpaired) electrons. The Morgan fingerprint density at radius 1 is 1.14 bits per heavy atom.